The summed E-state index contributed by atoms with van der Waals surface area (Å²) >= 11 is 0. The van der Waals surface area contributed by atoms with Gasteiger partial charge in [-0.3, -0.25) is 0 Å². The monoisotopic (exact) mass is 281 g/mol. The van der Waals surface area contributed by atoms with E-state index >= 15 is 0 Å². The third-order valence-corrected chi connectivity index (χ3v) is 3.06. The summed E-state index contributed by atoms with van der Waals surface area (Å²) in [4.78, 5) is 0. The van der Waals surface area contributed by atoms with Gasteiger partial charge in [0, 0.05) is 0 Å². The molecule has 0 spiro atoms. The van der Waals surface area contributed by atoms with Gasteiger partial charge >= 0.3 is 0 Å². The van der Waals surface area contributed by atoms with Crippen molar-refractivity contribution >= 4 is 0 Å². The van der Waals surface area contributed by atoms with E-state index in [1.54, 1.807) is 18.2 Å². The lowest BCUT2D eigenvalue weighted by atomic mass is 9.99. The molecule has 108 valence electrons. The highest BCUT2D eigenvalue weighted by Crippen LogP contribution is 2.24. The summed E-state index contributed by atoms with van der Waals surface area (Å²) in [5, 5.41) is 46.9. The molecule has 1 aromatic carbocycles. The second-order valence-corrected chi connectivity index (χ2v) is 4.45. The van der Waals surface area contributed by atoms with Gasteiger partial charge in [-0.25, -0.2) is 0 Å². The number of aliphatic hydroxyl groups is 4. The predicted molar refractivity (Wildman–Crippen MR) is 65.6 cm³/mol. The molecule has 1 aliphatic heterocycles. The van der Waals surface area contributed by atoms with Crippen LogP contribution in [0.2, 0.25) is 0 Å². The van der Waals surface area contributed by atoms with Crippen LogP contribution in [0.1, 0.15) is 5.56 Å². The number of nitriles is 1. The molecule has 1 aliphatic rings. The lowest BCUT2D eigenvalue weighted by Crippen LogP contribution is -2.60. The molecule has 0 radical (unpaired) electrons. The summed E-state index contributed by atoms with van der Waals surface area (Å²) in [6.07, 6.45) is -6.68. The van der Waals surface area contributed by atoms with Crippen molar-refractivity contribution in [3.8, 4) is 11.8 Å². The Hall–Kier alpha value is -1.69. The number of ether oxygens (including phenoxy) is 2. The largest absolute Gasteiger partial charge is 0.462 e. The molecule has 1 fully saturated rings. The highest BCUT2D eigenvalue weighted by atomic mass is 16.7. The molecule has 0 aromatic heterocycles. The number of hydrogen-bond acceptors (Lipinski definition) is 7. The standard InChI is InChI=1S/C13H15NO6/c14-5-7-2-1-3-8(4-7)19-13-12(18)11(17)10(16)9(6-15)20-13/h1-4,9-13,15-18H,6H2/t9-,10-,11+,12+,13+/m1/s1. The average Bonchev–Trinajstić information content (AvgIpc) is 2.48. The normalized spacial score (nSPS) is 33.5. The Labute approximate surface area is 115 Å². The first-order chi connectivity index (χ1) is 9.56. The van der Waals surface area contributed by atoms with Crippen molar-refractivity contribution in [1.82, 2.24) is 0 Å². The van der Waals surface area contributed by atoms with Gasteiger partial charge in [0.2, 0.25) is 6.29 Å². The van der Waals surface area contributed by atoms with Crippen LogP contribution in [0.3, 0.4) is 0 Å². The quantitative estimate of drug-likeness (QED) is 0.545. The summed E-state index contributed by atoms with van der Waals surface area (Å²) in [6.45, 7) is -0.525. The van der Waals surface area contributed by atoms with Crippen LogP contribution in [0.5, 0.6) is 5.75 Å². The van der Waals surface area contributed by atoms with Gasteiger partial charge in [-0.2, -0.15) is 5.26 Å². The smallest absolute Gasteiger partial charge is 0.229 e. The van der Waals surface area contributed by atoms with Gasteiger partial charge in [0.1, 0.15) is 30.2 Å². The maximum atomic E-state index is 9.80. The van der Waals surface area contributed by atoms with Crippen LogP contribution in [0.25, 0.3) is 0 Å². The molecule has 0 aliphatic carbocycles. The summed E-state index contributed by atoms with van der Waals surface area (Å²) in [6, 6.07) is 8.12. The fourth-order valence-corrected chi connectivity index (χ4v) is 1.94. The van der Waals surface area contributed by atoms with Gasteiger partial charge in [-0.1, -0.05) is 6.07 Å². The molecule has 20 heavy (non-hydrogen) atoms. The fraction of sp³-hybridized carbons (Fsp3) is 0.462. The van der Waals surface area contributed by atoms with Crippen molar-refractivity contribution < 1.29 is 29.9 Å². The Balaban J connectivity index is 2.13. The molecule has 0 amide bonds. The van der Waals surface area contributed by atoms with Crippen LogP contribution >= 0.6 is 0 Å². The lowest BCUT2D eigenvalue weighted by molar-refractivity contribution is -0.277. The first-order valence-corrected chi connectivity index (χ1v) is 6.04. The Morgan fingerprint density at radius 2 is 1.95 bits per heavy atom. The highest BCUT2D eigenvalue weighted by molar-refractivity contribution is 5.36. The van der Waals surface area contributed by atoms with Gasteiger partial charge in [-0.05, 0) is 18.2 Å². The average molecular weight is 281 g/mol. The number of aliphatic hydroxyl groups excluding tert-OH is 4. The second kappa shape index (κ2) is 6.17. The van der Waals surface area contributed by atoms with Crippen LogP contribution in [0.4, 0.5) is 0 Å². The van der Waals surface area contributed by atoms with E-state index < -0.39 is 37.3 Å². The molecule has 7 heteroatoms. The predicted octanol–water partition coefficient (Wildman–Crippen LogP) is -1.26. The molecular weight excluding hydrogens is 266 g/mol. The topological polar surface area (TPSA) is 123 Å². The van der Waals surface area contributed by atoms with Crippen molar-refractivity contribution in [2.24, 2.45) is 0 Å². The van der Waals surface area contributed by atoms with Gasteiger partial charge in [-0.15, -0.1) is 0 Å². The minimum atomic E-state index is -1.50. The lowest BCUT2D eigenvalue weighted by Gasteiger charge is -2.39. The van der Waals surface area contributed by atoms with E-state index in [0.29, 0.717) is 5.56 Å². The number of benzene rings is 1. The van der Waals surface area contributed by atoms with Gasteiger partial charge in [0.15, 0.2) is 0 Å². The Bertz CT molecular complexity index is 500. The Kier molecular flexibility index (Phi) is 4.54. The number of hydrogen-bond donors (Lipinski definition) is 4. The summed E-state index contributed by atoms with van der Waals surface area (Å²) < 4.78 is 10.5. The Morgan fingerprint density at radius 3 is 2.60 bits per heavy atom. The van der Waals surface area contributed by atoms with E-state index in [1.807, 2.05) is 6.07 Å². The minimum Gasteiger partial charge on any atom is -0.462 e. The van der Waals surface area contributed by atoms with Crippen molar-refractivity contribution in [2.45, 2.75) is 30.7 Å². The van der Waals surface area contributed by atoms with E-state index in [0.717, 1.165) is 0 Å². The molecular formula is C13H15NO6. The third kappa shape index (κ3) is 2.90. The Morgan fingerprint density at radius 1 is 1.20 bits per heavy atom. The van der Waals surface area contributed by atoms with Crippen molar-refractivity contribution in [3.63, 3.8) is 0 Å². The molecule has 4 N–H and O–H groups in total. The first kappa shape index (κ1) is 14.7. The van der Waals surface area contributed by atoms with Crippen LogP contribution in [-0.2, 0) is 4.74 Å². The van der Waals surface area contributed by atoms with E-state index in [4.69, 9.17) is 19.8 Å². The van der Waals surface area contributed by atoms with Crippen molar-refractivity contribution in [1.29, 1.82) is 5.26 Å². The number of nitrogens with zero attached hydrogens (tertiary/aromatic N) is 1. The molecule has 7 nitrogen and oxygen atoms in total. The van der Waals surface area contributed by atoms with E-state index in [9.17, 15) is 15.3 Å². The van der Waals surface area contributed by atoms with Gasteiger partial charge in [0.05, 0.1) is 18.2 Å². The van der Waals surface area contributed by atoms with Crippen LogP contribution in [0.15, 0.2) is 24.3 Å². The molecule has 1 saturated heterocycles. The van der Waals surface area contributed by atoms with Crippen LogP contribution in [-0.4, -0.2) is 57.7 Å². The van der Waals surface area contributed by atoms with E-state index in [-0.39, 0.29) is 5.75 Å². The highest BCUT2D eigenvalue weighted by Gasteiger charge is 2.44. The zero-order valence-corrected chi connectivity index (χ0v) is 10.5. The molecule has 0 unspecified atom stereocenters. The molecule has 1 heterocycles. The maximum absolute atomic E-state index is 9.80. The fourth-order valence-electron chi connectivity index (χ4n) is 1.94. The summed E-state index contributed by atoms with van der Waals surface area (Å²) in [7, 11) is 0. The molecule has 5 atom stereocenters. The van der Waals surface area contributed by atoms with Crippen LogP contribution < -0.4 is 4.74 Å². The second-order valence-electron chi connectivity index (χ2n) is 4.45. The van der Waals surface area contributed by atoms with E-state index in [2.05, 4.69) is 0 Å². The van der Waals surface area contributed by atoms with Gasteiger partial charge < -0.3 is 29.9 Å². The summed E-state index contributed by atoms with van der Waals surface area (Å²) in [5.41, 5.74) is 0.368. The zero-order chi connectivity index (χ0) is 14.7. The van der Waals surface area contributed by atoms with Gasteiger partial charge in [0.25, 0.3) is 0 Å². The minimum absolute atomic E-state index is 0.272. The first-order valence-electron chi connectivity index (χ1n) is 6.04. The molecule has 2 rings (SSSR count). The third-order valence-electron chi connectivity index (χ3n) is 3.06. The van der Waals surface area contributed by atoms with Crippen molar-refractivity contribution in [3.05, 3.63) is 29.8 Å². The van der Waals surface area contributed by atoms with E-state index in [1.165, 1.54) is 6.07 Å². The maximum Gasteiger partial charge on any atom is 0.229 e. The van der Waals surface area contributed by atoms with Crippen LogP contribution in [0, 0.1) is 11.3 Å². The van der Waals surface area contributed by atoms with Crippen molar-refractivity contribution in [2.75, 3.05) is 6.61 Å². The summed E-state index contributed by atoms with van der Waals surface area (Å²) in [5.74, 6) is 0.272. The molecule has 0 saturated carbocycles. The zero-order valence-electron chi connectivity index (χ0n) is 10.5. The SMILES string of the molecule is N#Cc1cccc(O[C@H]2O[C@H](CO)[C@@H](O)[C@H](O)[C@@H]2O)c1. The molecule has 1 aromatic rings. The number of rotatable bonds is 3. The molecule has 0 bridgehead atoms.